The standard InChI is InChI=1S/C19H16ClFN2O2S/c1-12(24)23-8-9-26-19(23)15-10-14(21)6-7-17(15)22(18(19)25)11-13-4-2-3-5-16(13)20/h2-7,10H,8-9,11H2,1H3/t19-/m0/s1. The summed E-state index contributed by atoms with van der Waals surface area (Å²) >= 11 is 7.65. The monoisotopic (exact) mass is 390 g/mol. The largest absolute Gasteiger partial charge is 0.315 e. The molecule has 2 aromatic rings. The van der Waals surface area contributed by atoms with Crippen molar-refractivity contribution in [2.24, 2.45) is 0 Å². The van der Waals surface area contributed by atoms with E-state index >= 15 is 0 Å². The maximum absolute atomic E-state index is 14.0. The van der Waals surface area contributed by atoms with Crippen LogP contribution in [0.2, 0.25) is 5.02 Å². The molecule has 2 aliphatic heterocycles. The maximum Gasteiger partial charge on any atom is 0.268 e. The van der Waals surface area contributed by atoms with Crippen LogP contribution in [0.4, 0.5) is 10.1 Å². The predicted molar refractivity (Wildman–Crippen MR) is 101 cm³/mol. The van der Waals surface area contributed by atoms with E-state index in [-0.39, 0.29) is 18.4 Å². The Labute approximate surface area is 159 Å². The van der Waals surface area contributed by atoms with Gasteiger partial charge in [0, 0.05) is 29.8 Å². The maximum atomic E-state index is 14.0. The van der Waals surface area contributed by atoms with Crippen LogP contribution in [0.5, 0.6) is 0 Å². The van der Waals surface area contributed by atoms with E-state index in [4.69, 9.17) is 11.6 Å². The number of amides is 2. The van der Waals surface area contributed by atoms with Gasteiger partial charge in [-0.05, 0) is 29.8 Å². The van der Waals surface area contributed by atoms with Crippen molar-refractivity contribution in [2.75, 3.05) is 17.2 Å². The number of hydrogen-bond donors (Lipinski definition) is 0. The van der Waals surface area contributed by atoms with Gasteiger partial charge in [0.1, 0.15) is 5.82 Å². The third kappa shape index (κ3) is 2.43. The number of benzene rings is 2. The number of hydrogen-bond acceptors (Lipinski definition) is 3. The van der Waals surface area contributed by atoms with Crippen molar-refractivity contribution in [1.29, 1.82) is 0 Å². The van der Waals surface area contributed by atoms with E-state index in [2.05, 4.69) is 0 Å². The molecule has 4 nitrogen and oxygen atoms in total. The van der Waals surface area contributed by atoms with Crippen molar-refractivity contribution in [1.82, 2.24) is 4.90 Å². The fraction of sp³-hybridized carbons (Fsp3) is 0.263. The number of thioether (sulfide) groups is 1. The van der Waals surface area contributed by atoms with Crippen LogP contribution in [0.3, 0.4) is 0 Å². The molecular formula is C19H16ClFN2O2S. The molecule has 2 amide bonds. The highest BCUT2D eigenvalue weighted by Crippen LogP contribution is 2.54. The number of fused-ring (bicyclic) bond motifs is 2. The molecule has 0 bridgehead atoms. The Morgan fingerprint density at radius 1 is 1.31 bits per heavy atom. The molecule has 0 unspecified atom stereocenters. The van der Waals surface area contributed by atoms with Crippen LogP contribution in [0, 0.1) is 5.82 Å². The first-order chi connectivity index (χ1) is 12.4. The zero-order valence-electron chi connectivity index (χ0n) is 14.0. The molecule has 4 rings (SSSR count). The van der Waals surface area contributed by atoms with Crippen LogP contribution in [-0.4, -0.2) is 29.0 Å². The summed E-state index contributed by atoms with van der Waals surface area (Å²) in [4.78, 5) is 27.6. The molecule has 7 heteroatoms. The zero-order valence-corrected chi connectivity index (χ0v) is 15.6. The van der Waals surface area contributed by atoms with E-state index in [0.29, 0.717) is 28.6 Å². The SMILES string of the molecule is CC(=O)N1CCS[C@@]12C(=O)N(Cc1ccccc1Cl)c1ccc(F)cc12. The summed E-state index contributed by atoms with van der Waals surface area (Å²) in [7, 11) is 0. The minimum absolute atomic E-state index is 0.196. The number of halogens is 2. The Bertz CT molecular complexity index is 922. The molecule has 0 aromatic heterocycles. The molecule has 0 aliphatic carbocycles. The summed E-state index contributed by atoms with van der Waals surface area (Å²) in [6.45, 7) is 2.17. The lowest BCUT2D eigenvalue weighted by Gasteiger charge is -2.32. The molecule has 2 aliphatic rings. The smallest absolute Gasteiger partial charge is 0.268 e. The first kappa shape index (κ1) is 17.4. The van der Waals surface area contributed by atoms with Crippen molar-refractivity contribution >= 4 is 40.9 Å². The van der Waals surface area contributed by atoms with Gasteiger partial charge in [0.15, 0.2) is 4.87 Å². The van der Waals surface area contributed by atoms with E-state index in [1.165, 1.54) is 30.8 Å². The fourth-order valence-corrected chi connectivity index (χ4v) is 5.37. The lowest BCUT2D eigenvalue weighted by molar-refractivity contribution is -0.138. The molecule has 1 spiro atoms. The molecule has 134 valence electrons. The third-order valence-electron chi connectivity index (χ3n) is 4.82. The van der Waals surface area contributed by atoms with Crippen LogP contribution < -0.4 is 4.90 Å². The van der Waals surface area contributed by atoms with Gasteiger partial charge in [0.2, 0.25) is 5.91 Å². The van der Waals surface area contributed by atoms with Gasteiger partial charge in [-0.25, -0.2) is 4.39 Å². The number of carbonyl (C=O) groups excluding carboxylic acids is 2. The molecule has 2 aromatic carbocycles. The van der Waals surface area contributed by atoms with Gasteiger partial charge in [0.25, 0.3) is 5.91 Å². The van der Waals surface area contributed by atoms with E-state index in [9.17, 15) is 14.0 Å². The second-order valence-corrected chi connectivity index (χ2v) is 8.00. The highest BCUT2D eigenvalue weighted by molar-refractivity contribution is 8.01. The van der Waals surface area contributed by atoms with Gasteiger partial charge in [-0.15, -0.1) is 11.8 Å². The van der Waals surface area contributed by atoms with E-state index in [1.807, 2.05) is 18.2 Å². The van der Waals surface area contributed by atoms with E-state index in [1.54, 1.807) is 21.9 Å². The summed E-state index contributed by atoms with van der Waals surface area (Å²) in [6, 6.07) is 11.6. The zero-order chi connectivity index (χ0) is 18.5. The average Bonchev–Trinajstić information content (AvgIpc) is 3.15. The Kier molecular flexibility index (Phi) is 4.20. The summed E-state index contributed by atoms with van der Waals surface area (Å²) in [5.41, 5.74) is 1.96. The number of rotatable bonds is 2. The van der Waals surface area contributed by atoms with Crippen LogP contribution in [0.25, 0.3) is 0 Å². The Hall–Kier alpha value is -2.05. The van der Waals surface area contributed by atoms with Gasteiger partial charge in [0.05, 0.1) is 12.2 Å². The van der Waals surface area contributed by atoms with Crippen molar-refractivity contribution < 1.29 is 14.0 Å². The molecular weight excluding hydrogens is 375 g/mol. The molecule has 0 N–H and O–H groups in total. The molecule has 1 fully saturated rings. The van der Waals surface area contributed by atoms with Crippen molar-refractivity contribution in [3.05, 3.63) is 64.4 Å². The summed E-state index contributed by atoms with van der Waals surface area (Å²) in [5.74, 6) is -0.221. The summed E-state index contributed by atoms with van der Waals surface area (Å²) in [5, 5.41) is 0.562. The van der Waals surface area contributed by atoms with Crippen molar-refractivity contribution in [3.8, 4) is 0 Å². The minimum atomic E-state index is -1.19. The second-order valence-electron chi connectivity index (χ2n) is 6.31. The van der Waals surface area contributed by atoms with Gasteiger partial charge in [-0.2, -0.15) is 0 Å². The van der Waals surface area contributed by atoms with Crippen LogP contribution >= 0.6 is 23.4 Å². The molecule has 1 saturated heterocycles. The first-order valence-corrected chi connectivity index (χ1v) is 9.59. The first-order valence-electron chi connectivity index (χ1n) is 8.22. The van der Waals surface area contributed by atoms with Gasteiger partial charge < -0.3 is 9.80 Å². The van der Waals surface area contributed by atoms with Crippen LogP contribution in [-0.2, 0) is 21.0 Å². The Balaban J connectivity index is 1.85. The number of nitrogens with zero attached hydrogens (tertiary/aromatic N) is 2. The highest BCUT2D eigenvalue weighted by atomic mass is 35.5. The summed E-state index contributed by atoms with van der Waals surface area (Å²) < 4.78 is 14.0. The Morgan fingerprint density at radius 3 is 2.81 bits per heavy atom. The third-order valence-corrected chi connectivity index (χ3v) is 6.61. The average molecular weight is 391 g/mol. The molecule has 26 heavy (non-hydrogen) atoms. The van der Waals surface area contributed by atoms with Gasteiger partial charge in [-0.1, -0.05) is 29.8 Å². The van der Waals surface area contributed by atoms with Crippen molar-refractivity contribution in [2.45, 2.75) is 18.3 Å². The topological polar surface area (TPSA) is 40.6 Å². The minimum Gasteiger partial charge on any atom is -0.315 e. The molecule has 1 atom stereocenters. The quantitative estimate of drug-likeness (QED) is 0.783. The number of carbonyl (C=O) groups is 2. The second kappa shape index (κ2) is 6.28. The lowest BCUT2D eigenvalue weighted by atomic mass is 10.1. The summed E-state index contributed by atoms with van der Waals surface area (Å²) in [6.07, 6.45) is 0. The highest BCUT2D eigenvalue weighted by Gasteiger charge is 2.59. The van der Waals surface area contributed by atoms with Crippen molar-refractivity contribution in [3.63, 3.8) is 0 Å². The van der Waals surface area contributed by atoms with Gasteiger partial charge in [-0.3, -0.25) is 9.59 Å². The molecule has 0 saturated carbocycles. The van der Waals surface area contributed by atoms with Gasteiger partial charge >= 0.3 is 0 Å². The Morgan fingerprint density at radius 2 is 2.08 bits per heavy atom. The normalized spacial score (nSPS) is 21.6. The fourth-order valence-electron chi connectivity index (χ4n) is 3.68. The molecule has 2 heterocycles. The lowest BCUT2D eigenvalue weighted by Crippen LogP contribution is -2.49. The number of anilines is 1. The van der Waals surface area contributed by atoms with Crippen LogP contribution in [0.1, 0.15) is 18.1 Å². The van der Waals surface area contributed by atoms with Crippen LogP contribution in [0.15, 0.2) is 42.5 Å². The van der Waals surface area contributed by atoms with E-state index < -0.39 is 10.7 Å². The molecule has 0 radical (unpaired) electrons. The predicted octanol–water partition coefficient (Wildman–Crippen LogP) is 3.77. The van der Waals surface area contributed by atoms with E-state index in [0.717, 1.165) is 5.56 Å².